The highest BCUT2D eigenvalue weighted by atomic mass is 16.2. The van der Waals surface area contributed by atoms with Gasteiger partial charge in [0.1, 0.15) is 11.7 Å². The summed E-state index contributed by atoms with van der Waals surface area (Å²) in [5.74, 6) is 0.0540. The van der Waals surface area contributed by atoms with Gasteiger partial charge in [-0.2, -0.15) is 4.99 Å². The average molecular weight is 366 g/mol. The van der Waals surface area contributed by atoms with Crippen LogP contribution in [0.1, 0.15) is 36.9 Å². The number of nitrogens with two attached hydrogens (primary N) is 2. The van der Waals surface area contributed by atoms with Crippen LogP contribution in [0.15, 0.2) is 47.6 Å². The molecule has 1 aliphatic carbocycles. The lowest BCUT2D eigenvalue weighted by Gasteiger charge is -2.15. The normalized spacial score (nSPS) is 15.1. The Bertz CT molecular complexity index is 877. The number of amides is 3. The molecule has 0 radical (unpaired) electrons. The van der Waals surface area contributed by atoms with Gasteiger partial charge in [-0.15, -0.1) is 0 Å². The molecule has 0 saturated heterocycles. The standard InChI is InChI=1S/C19H22N6O2/c1-11(12-5-3-2-4-6-12)23-19(27)24-16-9-15(20)14(10-22-16)17(21)25-18(26)13-7-8-13/h2-6,9-11,13H,7-8H2,1H3,(H2,21,25,26)(H4,20,22,23,24,27). The lowest BCUT2D eigenvalue weighted by Crippen LogP contribution is -2.31. The maximum Gasteiger partial charge on any atom is 0.320 e. The number of anilines is 2. The van der Waals surface area contributed by atoms with E-state index < -0.39 is 6.03 Å². The van der Waals surface area contributed by atoms with E-state index in [9.17, 15) is 9.59 Å². The van der Waals surface area contributed by atoms with E-state index in [1.807, 2.05) is 37.3 Å². The van der Waals surface area contributed by atoms with Crippen molar-refractivity contribution in [1.29, 1.82) is 0 Å². The molecule has 1 aromatic carbocycles. The van der Waals surface area contributed by atoms with Gasteiger partial charge < -0.3 is 16.8 Å². The summed E-state index contributed by atoms with van der Waals surface area (Å²) in [6, 6.07) is 10.5. The Morgan fingerprint density at radius 2 is 1.96 bits per heavy atom. The number of aromatic nitrogens is 1. The smallest absolute Gasteiger partial charge is 0.320 e. The molecule has 1 fully saturated rings. The summed E-state index contributed by atoms with van der Waals surface area (Å²) >= 11 is 0. The fourth-order valence-corrected chi connectivity index (χ4v) is 2.53. The van der Waals surface area contributed by atoms with Crippen LogP contribution in [0.3, 0.4) is 0 Å². The molecule has 6 N–H and O–H groups in total. The van der Waals surface area contributed by atoms with Crippen molar-refractivity contribution in [2.75, 3.05) is 11.1 Å². The second-order valence-corrected chi connectivity index (χ2v) is 6.50. The summed E-state index contributed by atoms with van der Waals surface area (Å²) in [4.78, 5) is 31.9. The van der Waals surface area contributed by atoms with Crippen LogP contribution in [0, 0.1) is 5.92 Å². The molecule has 1 unspecified atom stereocenters. The summed E-state index contributed by atoms with van der Waals surface area (Å²) in [6.45, 7) is 1.88. The van der Waals surface area contributed by atoms with Gasteiger partial charge >= 0.3 is 6.03 Å². The first-order chi connectivity index (χ1) is 12.9. The van der Waals surface area contributed by atoms with Gasteiger partial charge in [0.25, 0.3) is 5.91 Å². The quantitative estimate of drug-likeness (QED) is 0.475. The third-order valence-electron chi connectivity index (χ3n) is 4.26. The van der Waals surface area contributed by atoms with E-state index in [1.165, 1.54) is 12.3 Å². The van der Waals surface area contributed by atoms with E-state index in [4.69, 9.17) is 11.5 Å². The van der Waals surface area contributed by atoms with Crippen LogP contribution in [0.25, 0.3) is 0 Å². The molecule has 1 saturated carbocycles. The van der Waals surface area contributed by atoms with Crippen molar-refractivity contribution in [3.05, 3.63) is 53.7 Å². The van der Waals surface area contributed by atoms with Gasteiger partial charge in [0, 0.05) is 23.9 Å². The predicted octanol–water partition coefficient (Wildman–Crippen LogP) is 2.19. The second-order valence-electron chi connectivity index (χ2n) is 6.50. The summed E-state index contributed by atoms with van der Waals surface area (Å²) in [5.41, 5.74) is 13.5. The topological polar surface area (TPSA) is 135 Å². The van der Waals surface area contributed by atoms with Gasteiger partial charge in [0.05, 0.1) is 11.6 Å². The number of pyridine rings is 1. The number of carbonyl (C=O) groups excluding carboxylic acids is 2. The van der Waals surface area contributed by atoms with E-state index in [0.29, 0.717) is 5.56 Å². The van der Waals surface area contributed by atoms with Crippen LogP contribution in [0.4, 0.5) is 16.3 Å². The van der Waals surface area contributed by atoms with Crippen molar-refractivity contribution in [3.8, 4) is 0 Å². The van der Waals surface area contributed by atoms with E-state index in [-0.39, 0.29) is 35.2 Å². The Hall–Kier alpha value is -3.42. The van der Waals surface area contributed by atoms with Crippen LogP contribution in [0.2, 0.25) is 0 Å². The number of benzene rings is 1. The van der Waals surface area contributed by atoms with Crippen LogP contribution in [-0.4, -0.2) is 22.8 Å². The molecule has 3 amide bonds. The monoisotopic (exact) mass is 366 g/mol. The molecule has 1 atom stereocenters. The number of rotatable bonds is 5. The first-order valence-electron chi connectivity index (χ1n) is 8.70. The molecule has 1 aliphatic rings. The zero-order valence-corrected chi connectivity index (χ0v) is 15.0. The lowest BCUT2D eigenvalue weighted by atomic mass is 10.1. The maximum atomic E-state index is 12.2. The van der Waals surface area contributed by atoms with E-state index in [2.05, 4.69) is 20.6 Å². The Kier molecular flexibility index (Phi) is 5.35. The number of nitrogens with one attached hydrogen (secondary N) is 2. The molecule has 0 spiro atoms. The Morgan fingerprint density at radius 3 is 2.59 bits per heavy atom. The number of nitrogens with zero attached hydrogens (tertiary/aromatic N) is 2. The minimum Gasteiger partial charge on any atom is -0.398 e. The fourth-order valence-electron chi connectivity index (χ4n) is 2.53. The maximum absolute atomic E-state index is 12.2. The SMILES string of the molecule is CC(NC(=O)Nc1cc(N)c(C(N)=NC(=O)C2CC2)cn1)c1ccccc1. The van der Waals surface area contributed by atoms with E-state index >= 15 is 0 Å². The lowest BCUT2D eigenvalue weighted by molar-refractivity contribution is -0.118. The van der Waals surface area contributed by atoms with Gasteiger partial charge in [-0.1, -0.05) is 30.3 Å². The van der Waals surface area contributed by atoms with Gasteiger partial charge in [0.2, 0.25) is 0 Å². The third kappa shape index (κ3) is 4.81. The molecule has 0 bridgehead atoms. The number of hydrogen-bond acceptors (Lipinski definition) is 4. The zero-order chi connectivity index (χ0) is 19.4. The predicted molar refractivity (Wildman–Crippen MR) is 104 cm³/mol. The van der Waals surface area contributed by atoms with Crippen molar-refractivity contribution < 1.29 is 9.59 Å². The van der Waals surface area contributed by atoms with Crippen molar-refractivity contribution in [2.45, 2.75) is 25.8 Å². The van der Waals surface area contributed by atoms with Crippen molar-refractivity contribution in [3.63, 3.8) is 0 Å². The third-order valence-corrected chi connectivity index (χ3v) is 4.26. The average Bonchev–Trinajstić information content (AvgIpc) is 3.47. The second kappa shape index (κ2) is 7.86. The van der Waals surface area contributed by atoms with Crippen molar-refractivity contribution in [1.82, 2.24) is 10.3 Å². The molecule has 3 rings (SSSR count). The fraction of sp³-hybridized carbons (Fsp3) is 0.263. The van der Waals surface area contributed by atoms with Crippen LogP contribution in [-0.2, 0) is 4.79 Å². The highest BCUT2D eigenvalue weighted by Crippen LogP contribution is 2.30. The number of nitrogen functional groups attached to an aromatic ring is 1. The molecular weight excluding hydrogens is 344 g/mol. The highest BCUT2D eigenvalue weighted by molar-refractivity contribution is 6.08. The first-order valence-corrected chi connectivity index (χ1v) is 8.70. The van der Waals surface area contributed by atoms with Gasteiger partial charge in [0.15, 0.2) is 0 Å². The van der Waals surface area contributed by atoms with Crippen LogP contribution < -0.4 is 22.1 Å². The van der Waals surface area contributed by atoms with E-state index in [1.54, 1.807) is 0 Å². The number of aliphatic imine (C=N–C) groups is 1. The van der Waals surface area contributed by atoms with Crippen molar-refractivity contribution in [2.24, 2.45) is 16.6 Å². The molecule has 8 heteroatoms. The van der Waals surface area contributed by atoms with Gasteiger partial charge in [-0.3, -0.25) is 10.1 Å². The molecule has 27 heavy (non-hydrogen) atoms. The molecule has 1 aromatic heterocycles. The minimum absolute atomic E-state index is 0.0195. The zero-order valence-electron chi connectivity index (χ0n) is 15.0. The summed E-state index contributed by atoms with van der Waals surface area (Å²) < 4.78 is 0. The van der Waals surface area contributed by atoms with Crippen molar-refractivity contribution >= 4 is 29.3 Å². The number of urea groups is 1. The van der Waals surface area contributed by atoms with Gasteiger partial charge in [-0.25, -0.2) is 9.78 Å². The summed E-state index contributed by atoms with van der Waals surface area (Å²) in [7, 11) is 0. The Balaban J connectivity index is 1.63. The number of hydrogen-bond donors (Lipinski definition) is 4. The Morgan fingerprint density at radius 1 is 1.26 bits per heavy atom. The summed E-state index contributed by atoms with van der Waals surface area (Å²) in [5, 5.41) is 5.45. The molecular formula is C19H22N6O2. The molecule has 8 nitrogen and oxygen atoms in total. The number of carbonyl (C=O) groups is 2. The Labute approximate surface area is 157 Å². The van der Waals surface area contributed by atoms with Crippen LogP contribution in [0.5, 0.6) is 0 Å². The first kappa shape index (κ1) is 18.4. The molecule has 2 aromatic rings. The molecule has 0 aliphatic heterocycles. The van der Waals surface area contributed by atoms with Crippen LogP contribution >= 0.6 is 0 Å². The van der Waals surface area contributed by atoms with E-state index in [0.717, 1.165) is 18.4 Å². The number of amidine groups is 1. The summed E-state index contributed by atoms with van der Waals surface area (Å²) in [6.07, 6.45) is 3.09. The molecule has 1 heterocycles. The largest absolute Gasteiger partial charge is 0.398 e. The minimum atomic E-state index is -0.406. The highest BCUT2D eigenvalue weighted by Gasteiger charge is 2.29. The van der Waals surface area contributed by atoms with Gasteiger partial charge in [-0.05, 0) is 25.3 Å². The molecule has 140 valence electrons.